The number of rotatable bonds is 10. The monoisotopic (exact) mass is 342 g/mol. The third kappa shape index (κ3) is 6.89. The van der Waals surface area contributed by atoms with E-state index in [4.69, 9.17) is 9.73 Å². The zero-order chi connectivity index (χ0) is 16.5. The number of methoxy groups -OCH3 is 1. The summed E-state index contributed by atoms with van der Waals surface area (Å²) in [5.74, 6) is 0.988. The van der Waals surface area contributed by atoms with Gasteiger partial charge in [0.2, 0.25) is 0 Å². The summed E-state index contributed by atoms with van der Waals surface area (Å²) in [6.45, 7) is 6.78. The summed E-state index contributed by atoms with van der Waals surface area (Å²) in [5, 5.41) is 7.83. The number of aliphatic imine (C=N–C) groups is 1. The van der Waals surface area contributed by atoms with Gasteiger partial charge in [-0.2, -0.15) is 11.8 Å². The van der Waals surface area contributed by atoms with E-state index in [0.29, 0.717) is 6.04 Å². The molecule has 6 heteroatoms. The number of thioether (sulfide) groups is 1. The van der Waals surface area contributed by atoms with Crippen LogP contribution in [0.15, 0.2) is 4.99 Å². The first-order chi connectivity index (χ1) is 11.3. The minimum atomic E-state index is 0.582. The molecule has 2 N–H and O–H groups in total. The van der Waals surface area contributed by atoms with Crippen LogP contribution in [0.2, 0.25) is 0 Å². The van der Waals surface area contributed by atoms with Crippen molar-refractivity contribution in [1.82, 2.24) is 15.5 Å². The Bertz CT molecular complexity index is 363. The van der Waals surface area contributed by atoms with E-state index in [1.54, 1.807) is 7.11 Å². The van der Waals surface area contributed by atoms with E-state index in [0.717, 1.165) is 50.0 Å². The SMILES string of the molecule is CCNC(=NCCN(CCOC)C1CC1)NC1CCC(SC)C1. The molecule has 2 aliphatic carbocycles. The maximum atomic E-state index is 5.22. The van der Waals surface area contributed by atoms with E-state index in [2.05, 4.69) is 28.7 Å². The van der Waals surface area contributed by atoms with Crippen LogP contribution in [0.3, 0.4) is 0 Å². The van der Waals surface area contributed by atoms with Crippen molar-refractivity contribution in [3.8, 4) is 0 Å². The second-order valence-corrected chi connectivity index (χ2v) is 7.67. The van der Waals surface area contributed by atoms with Gasteiger partial charge in [0.15, 0.2) is 5.96 Å². The average molecular weight is 343 g/mol. The van der Waals surface area contributed by atoms with Crippen molar-refractivity contribution in [1.29, 1.82) is 0 Å². The van der Waals surface area contributed by atoms with Gasteiger partial charge in [0, 0.05) is 44.1 Å². The van der Waals surface area contributed by atoms with Gasteiger partial charge in [0.25, 0.3) is 0 Å². The lowest BCUT2D eigenvalue weighted by Gasteiger charge is -2.21. The molecule has 0 aromatic heterocycles. The Morgan fingerprint density at radius 2 is 2.09 bits per heavy atom. The van der Waals surface area contributed by atoms with E-state index < -0.39 is 0 Å². The first-order valence-corrected chi connectivity index (χ1v) is 10.4. The van der Waals surface area contributed by atoms with Crippen LogP contribution in [0, 0.1) is 0 Å². The molecule has 134 valence electrons. The van der Waals surface area contributed by atoms with Gasteiger partial charge < -0.3 is 15.4 Å². The molecule has 0 spiro atoms. The maximum absolute atomic E-state index is 5.22. The molecule has 23 heavy (non-hydrogen) atoms. The smallest absolute Gasteiger partial charge is 0.191 e. The van der Waals surface area contributed by atoms with Crippen molar-refractivity contribution in [3.63, 3.8) is 0 Å². The summed E-state index contributed by atoms with van der Waals surface area (Å²) in [6, 6.07) is 1.35. The number of guanidine groups is 1. The number of hydrogen-bond donors (Lipinski definition) is 2. The van der Waals surface area contributed by atoms with Crippen LogP contribution < -0.4 is 10.6 Å². The summed E-state index contributed by atoms with van der Waals surface area (Å²) in [4.78, 5) is 7.31. The van der Waals surface area contributed by atoms with E-state index >= 15 is 0 Å². The normalized spacial score (nSPS) is 25.1. The summed E-state index contributed by atoms with van der Waals surface area (Å²) in [6.07, 6.45) is 8.74. The minimum absolute atomic E-state index is 0.582. The summed E-state index contributed by atoms with van der Waals surface area (Å²) >= 11 is 2.00. The van der Waals surface area contributed by atoms with Crippen molar-refractivity contribution in [2.24, 2.45) is 4.99 Å². The molecule has 2 aliphatic rings. The van der Waals surface area contributed by atoms with E-state index in [9.17, 15) is 0 Å². The van der Waals surface area contributed by atoms with Gasteiger partial charge in [-0.05, 0) is 45.3 Å². The Balaban J connectivity index is 1.76. The molecule has 0 heterocycles. The van der Waals surface area contributed by atoms with Gasteiger partial charge >= 0.3 is 0 Å². The molecule has 2 saturated carbocycles. The highest BCUT2D eigenvalue weighted by Crippen LogP contribution is 2.28. The lowest BCUT2D eigenvalue weighted by atomic mass is 10.2. The molecular weight excluding hydrogens is 308 g/mol. The lowest BCUT2D eigenvalue weighted by molar-refractivity contribution is 0.145. The largest absolute Gasteiger partial charge is 0.383 e. The Kier molecular flexibility index (Phi) is 8.55. The first-order valence-electron chi connectivity index (χ1n) is 9.07. The predicted molar refractivity (Wildman–Crippen MR) is 101 cm³/mol. The van der Waals surface area contributed by atoms with Gasteiger partial charge in [-0.3, -0.25) is 9.89 Å². The Morgan fingerprint density at radius 1 is 1.26 bits per heavy atom. The van der Waals surface area contributed by atoms with Gasteiger partial charge in [0.05, 0.1) is 13.2 Å². The van der Waals surface area contributed by atoms with Crippen LogP contribution in [0.4, 0.5) is 0 Å². The summed E-state index contributed by atoms with van der Waals surface area (Å²) in [7, 11) is 1.78. The van der Waals surface area contributed by atoms with Crippen LogP contribution in [-0.2, 0) is 4.74 Å². The highest BCUT2D eigenvalue weighted by Gasteiger charge is 2.28. The van der Waals surface area contributed by atoms with Gasteiger partial charge in [-0.25, -0.2) is 0 Å². The minimum Gasteiger partial charge on any atom is -0.383 e. The fraction of sp³-hybridized carbons (Fsp3) is 0.941. The van der Waals surface area contributed by atoms with E-state index in [1.807, 2.05) is 11.8 Å². The highest BCUT2D eigenvalue weighted by atomic mass is 32.2. The van der Waals surface area contributed by atoms with Crippen molar-refractivity contribution < 1.29 is 4.74 Å². The fourth-order valence-electron chi connectivity index (χ4n) is 3.21. The molecule has 2 atom stereocenters. The van der Waals surface area contributed by atoms with Crippen molar-refractivity contribution in [2.45, 2.75) is 56.4 Å². The Morgan fingerprint density at radius 3 is 2.70 bits per heavy atom. The third-order valence-corrected chi connectivity index (χ3v) is 5.80. The van der Waals surface area contributed by atoms with Crippen LogP contribution in [-0.4, -0.2) is 74.3 Å². The van der Waals surface area contributed by atoms with Gasteiger partial charge in [0.1, 0.15) is 0 Å². The number of ether oxygens (including phenoxy) is 1. The molecule has 0 saturated heterocycles. The topological polar surface area (TPSA) is 48.9 Å². The second kappa shape index (κ2) is 10.4. The number of nitrogens with one attached hydrogen (secondary N) is 2. The van der Waals surface area contributed by atoms with E-state index in [-0.39, 0.29) is 0 Å². The molecule has 0 radical (unpaired) electrons. The van der Waals surface area contributed by atoms with Crippen molar-refractivity contribution >= 4 is 17.7 Å². The standard InChI is InChI=1S/C17H34N4OS/c1-4-18-17(20-14-5-8-16(13-14)23-3)19-9-10-21(11-12-22-2)15-6-7-15/h14-16H,4-13H2,1-3H3,(H2,18,19,20). The molecule has 0 aromatic carbocycles. The molecule has 2 fully saturated rings. The van der Waals surface area contributed by atoms with Crippen molar-refractivity contribution in [2.75, 3.05) is 46.2 Å². The highest BCUT2D eigenvalue weighted by molar-refractivity contribution is 7.99. The number of hydrogen-bond acceptors (Lipinski definition) is 4. The molecule has 2 unspecified atom stereocenters. The predicted octanol–water partition coefficient (Wildman–Crippen LogP) is 1.94. The van der Waals surface area contributed by atoms with Gasteiger partial charge in [-0.1, -0.05) is 0 Å². The maximum Gasteiger partial charge on any atom is 0.191 e. The molecule has 0 amide bonds. The second-order valence-electron chi connectivity index (χ2n) is 6.53. The Labute approximate surface area is 146 Å². The molecule has 0 aromatic rings. The fourth-order valence-corrected chi connectivity index (χ4v) is 4.01. The van der Waals surface area contributed by atoms with Crippen LogP contribution >= 0.6 is 11.8 Å². The van der Waals surface area contributed by atoms with Crippen LogP contribution in [0.1, 0.15) is 39.0 Å². The summed E-state index contributed by atoms with van der Waals surface area (Å²) in [5.41, 5.74) is 0. The molecule has 2 rings (SSSR count). The van der Waals surface area contributed by atoms with E-state index in [1.165, 1.54) is 32.1 Å². The number of nitrogens with zero attached hydrogens (tertiary/aromatic N) is 2. The zero-order valence-corrected chi connectivity index (χ0v) is 15.8. The Hall–Kier alpha value is -0.460. The molecule has 5 nitrogen and oxygen atoms in total. The van der Waals surface area contributed by atoms with Crippen molar-refractivity contribution in [3.05, 3.63) is 0 Å². The third-order valence-electron chi connectivity index (χ3n) is 4.71. The first kappa shape index (κ1) is 18.9. The molecular formula is C17H34N4OS. The van der Waals surface area contributed by atoms with Crippen LogP contribution in [0.25, 0.3) is 0 Å². The molecule has 0 aliphatic heterocycles. The van der Waals surface area contributed by atoms with Gasteiger partial charge in [-0.15, -0.1) is 0 Å². The van der Waals surface area contributed by atoms with Crippen LogP contribution in [0.5, 0.6) is 0 Å². The quantitative estimate of drug-likeness (QED) is 0.469. The summed E-state index contributed by atoms with van der Waals surface area (Å²) < 4.78 is 5.22. The zero-order valence-electron chi connectivity index (χ0n) is 15.0. The molecule has 0 bridgehead atoms. The lowest BCUT2D eigenvalue weighted by Crippen LogP contribution is -2.43. The average Bonchev–Trinajstić information content (AvgIpc) is 3.30.